The molecule has 1 saturated heterocycles. The molecule has 1 fully saturated rings. The van der Waals surface area contributed by atoms with Gasteiger partial charge in [0, 0.05) is 12.1 Å². The molecular weight excluding hydrogens is 306 g/mol. The Labute approximate surface area is 129 Å². The summed E-state index contributed by atoms with van der Waals surface area (Å²) in [5.74, 6) is 0.991. The van der Waals surface area contributed by atoms with Crippen molar-refractivity contribution in [3.63, 3.8) is 0 Å². The summed E-state index contributed by atoms with van der Waals surface area (Å²) in [5.41, 5.74) is 2.00. The number of nitrogens with zero attached hydrogens (tertiary/aromatic N) is 3. The van der Waals surface area contributed by atoms with Gasteiger partial charge < -0.3 is 9.05 Å². The summed E-state index contributed by atoms with van der Waals surface area (Å²) in [6.45, 7) is 7.39. The summed E-state index contributed by atoms with van der Waals surface area (Å²) < 4.78 is 37.8. The third-order valence-corrected chi connectivity index (χ3v) is 6.31. The maximum Gasteiger partial charge on any atom is 0.249 e. The van der Waals surface area contributed by atoms with Gasteiger partial charge in [0.05, 0.1) is 11.7 Å². The molecule has 0 N–H and O–H groups in total. The Morgan fingerprint density at radius 2 is 1.68 bits per heavy atom. The molecule has 1 atom stereocenters. The van der Waals surface area contributed by atoms with E-state index >= 15 is 0 Å². The first-order valence-corrected chi connectivity index (χ1v) is 8.65. The van der Waals surface area contributed by atoms with Crippen LogP contribution in [-0.4, -0.2) is 29.6 Å². The van der Waals surface area contributed by atoms with Crippen LogP contribution in [0.4, 0.5) is 0 Å². The van der Waals surface area contributed by atoms with Crippen molar-refractivity contribution in [2.24, 2.45) is 0 Å². The van der Waals surface area contributed by atoms with Gasteiger partial charge >= 0.3 is 0 Å². The van der Waals surface area contributed by atoms with Crippen molar-refractivity contribution in [2.75, 3.05) is 6.54 Å². The minimum atomic E-state index is -3.66. The molecule has 7 nitrogen and oxygen atoms in total. The van der Waals surface area contributed by atoms with Gasteiger partial charge in [-0.2, -0.15) is 4.31 Å². The van der Waals surface area contributed by atoms with E-state index in [1.54, 1.807) is 13.8 Å². The van der Waals surface area contributed by atoms with E-state index in [1.807, 2.05) is 13.8 Å². The van der Waals surface area contributed by atoms with E-state index in [0.717, 1.165) is 24.1 Å². The van der Waals surface area contributed by atoms with Crippen LogP contribution in [0.25, 0.3) is 0 Å². The zero-order chi connectivity index (χ0) is 16.1. The zero-order valence-corrected chi connectivity index (χ0v) is 13.9. The minimum absolute atomic E-state index is 0.172. The lowest BCUT2D eigenvalue weighted by Crippen LogP contribution is -2.31. The van der Waals surface area contributed by atoms with Crippen molar-refractivity contribution in [1.82, 2.24) is 14.6 Å². The van der Waals surface area contributed by atoms with E-state index in [0.29, 0.717) is 23.8 Å². The smallest absolute Gasteiger partial charge is 0.249 e. The van der Waals surface area contributed by atoms with E-state index in [4.69, 9.17) is 9.05 Å². The normalized spacial score (nSPS) is 19.9. The zero-order valence-electron chi connectivity index (χ0n) is 13.1. The van der Waals surface area contributed by atoms with Crippen LogP contribution in [0.3, 0.4) is 0 Å². The molecule has 3 heterocycles. The van der Waals surface area contributed by atoms with Gasteiger partial charge in [-0.3, -0.25) is 0 Å². The highest BCUT2D eigenvalue weighted by Crippen LogP contribution is 2.40. The number of hydrogen-bond acceptors (Lipinski definition) is 6. The van der Waals surface area contributed by atoms with Crippen molar-refractivity contribution in [3.05, 3.63) is 28.5 Å². The van der Waals surface area contributed by atoms with Gasteiger partial charge in [0.15, 0.2) is 5.76 Å². The molecule has 1 aliphatic heterocycles. The first-order valence-electron chi connectivity index (χ1n) is 7.21. The number of aryl methyl sites for hydroxylation is 4. The molecule has 1 unspecified atom stereocenters. The van der Waals surface area contributed by atoms with Crippen LogP contribution in [0, 0.1) is 27.7 Å². The van der Waals surface area contributed by atoms with Crippen LogP contribution in [0.1, 0.15) is 47.4 Å². The fraction of sp³-hybridized carbons (Fsp3) is 0.571. The molecule has 0 bridgehead atoms. The molecule has 8 heteroatoms. The minimum Gasteiger partial charge on any atom is -0.361 e. The highest BCUT2D eigenvalue weighted by molar-refractivity contribution is 7.89. The standard InChI is InChI=1S/C14H19N3O4S/c1-8-13(10(3)20-15-8)12-6-5-7-17(12)22(18,19)14-9(2)16-21-11(14)4/h12H,5-7H2,1-4H3. The Balaban J connectivity index is 2.07. The Morgan fingerprint density at radius 1 is 1.05 bits per heavy atom. The largest absolute Gasteiger partial charge is 0.361 e. The molecule has 0 amide bonds. The van der Waals surface area contributed by atoms with Crippen molar-refractivity contribution >= 4 is 10.0 Å². The van der Waals surface area contributed by atoms with Crippen LogP contribution in [-0.2, 0) is 10.0 Å². The number of aromatic nitrogens is 2. The Bertz CT molecular complexity index is 767. The van der Waals surface area contributed by atoms with Gasteiger partial charge in [0.2, 0.25) is 10.0 Å². The molecule has 0 saturated carbocycles. The molecule has 0 spiro atoms. The quantitative estimate of drug-likeness (QED) is 0.861. The van der Waals surface area contributed by atoms with E-state index in [2.05, 4.69) is 10.3 Å². The Hall–Kier alpha value is -1.67. The lowest BCUT2D eigenvalue weighted by Gasteiger charge is -2.23. The summed E-state index contributed by atoms with van der Waals surface area (Å²) in [6, 6.07) is -0.245. The number of hydrogen-bond donors (Lipinski definition) is 0. The van der Waals surface area contributed by atoms with Crippen LogP contribution in [0.2, 0.25) is 0 Å². The first-order chi connectivity index (χ1) is 10.3. The molecule has 0 radical (unpaired) electrons. The monoisotopic (exact) mass is 325 g/mol. The average Bonchev–Trinajstić information content (AvgIpc) is 3.11. The highest BCUT2D eigenvalue weighted by Gasteiger charge is 2.41. The summed E-state index contributed by atoms with van der Waals surface area (Å²) in [5, 5.41) is 7.71. The van der Waals surface area contributed by atoms with Crippen LogP contribution in [0.15, 0.2) is 13.9 Å². The Morgan fingerprint density at radius 3 is 2.23 bits per heavy atom. The fourth-order valence-corrected chi connectivity index (χ4v) is 5.20. The third kappa shape index (κ3) is 2.17. The topological polar surface area (TPSA) is 89.4 Å². The van der Waals surface area contributed by atoms with Gasteiger partial charge in [-0.05, 0) is 40.5 Å². The van der Waals surface area contributed by atoms with Gasteiger partial charge in [-0.1, -0.05) is 10.3 Å². The van der Waals surface area contributed by atoms with E-state index < -0.39 is 10.0 Å². The van der Waals surface area contributed by atoms with Crippen molar-refractivity contribution < 1.29 is 17.5 Å². The maximum absolute atomic E-state index is 13.0. The van der Waals surface area contributed by atoms with Gasteiger partial charge in [0.25, 0.3) is 0 Å². The predicted octanol–water partition coefficient (Wildman–Crippen LogP) is 2.42. The second kappa shape index (κ2) is 5.20. The Kier molecular flexibility index (Phi) is 3.60. The van der Waals surface area contributed by atoms with E-state index in [9.17, 15) is 8.42 Å². The number of rotatable bonds is 3. The van der Waals surface area contributed by atoms with Crippen molar-refractivity contribution in [3.8, 4) is 0 Å². The molecule has 0 aromatic carbocycles. The molecule has 2 aromatic heterocycles. The van der Waals surface area contributed by atoms with Gasteiger partial charge in [0.1, 0.15) is 16.3 Å². The highest BCUT2D eigenvalue weighted by atomic mass is 32.2. The summed E-state index contributed by atoms with van der Waals surface area (Å²) in [7, 11) is -3.66. The van der Waals surface area contributed by atoms with Crippen LogP contribution < -0.4 is 0 Å². The fourth-order valence-electron chi connectivity index (χ4n) is 3.24. The lowest BCUT2D eigenvalue weighted by atomic mass is 10.0. The molecular formula is C14H19N3O4S. The van der Waals surface area contributed by atoms with Crippen LogP contribution in [0.5, 0.6) is 0 Å². The summed E-state index contributed by atoms with van der Waals surface area (Å²) >= 11 is 0. The van der Waals surface area contributed by atoms with E-state index in [1.165, 1.54) is 4.31 Å². The second-order valence-electron chi connectivity index (χ2n) is 5.66. The average molecular weight is 325 g/mol. The van der Waals surface area contributed by atoms with Gasteiger partial charge in [-0.25, -0.2) is 8.42 Å². The summed E-state index contributed by atoms with van der Waals surface area (Å²) in [6.07, 6.45) is 1.56. The molecule has 22 heavy (non-hydrogen) atoms. The number of sulfonamides is 1. The predicted molar refractivity (Wildman–Crippen MR) is 77.8 cm³/mol. The third-order valence-electron chi connectivity index (χ3n) is 4.16. The maximum atomic E-state index is 13.0. The molecule has 2 aromatic rings. The van der Waals surface area contributed by atoms with E-state index in [-0.39, 0.29) is 10.9 Å². The SMILES string of the molecule is Cc1noc(C)c1C1CCCN1S(=O)(=O)c1c(C)noc1C. The molecule has 1 aliphatic rings. The van der Waals surface area contributed by atoms with Gasteiger partial charge in [-0.15, -0.1) is 0 Å². The lowest BCUT2D eigenvalue weighted by molar-refractivity contribution is 0.373. The van der Waals surface area contributed by atoms with Crippen molar-refractivity contribution in [1.29, 1.82) is 0 Å². The molecule has 0 aliphatic carbocycles. The second-order valence-corrected chi connectivity index (χ2v) is 7.49. The molecule has 3 rings (SSSR count). The summed E-state index contributed by atoms with van der Waals surface area (Å²) in [4.78, 5) is 0.172. The molecule has 120 valence electrons. The van der Waals surface area contributed by atoms with Crippen LogP contribution >= 0.6 is 0 Å². The van der Waals surface area contributed by atoms with Crippen molar-refractivity contribution in [2.45, 2.75) is 51.5 Å². The first kappa shape index (κ1) is 15.2.